The molecule has 1 aromatic carbocycles. The van der Waals surface area contributed by atoms with Gasteiger partial charge in [-0.05, 0) is 30.9 Å². The fourth-order valence-corrected chi connectivity index (χ4v) is 3.16. The first-order valence-electron chi connectivity index (χ1n) is 7.93. The van der Waals surface area contributed by atoms with Gasteiger partial charge in [0, 0.05) is 22.7 Å². The highest BCUT2D eigenvalue weighted by Gasteiger charge is 2.25. The molecule has 0 aliphatic heterocycles. The first-order valence-corrected chi connectivity index (χ1v) is 8.30. The maximum Gasteiger partial charge on any atom is 0.312 e. The lowest BCUT2D eigenvalue weighted by atomic mass is 9.86. The molecule has 0 radical (unpaired) electrons. The van der Waals surface area contributed by atoms with Gasteiger partial charge in [0.15, 0.2) is 0 Å². The summed E-state index contributed by atoms with van der Waals surface area (Å²) in [4.78, 5) is 22.5. The molecule has 8 heteroatoms. The third-order valence-corrected chi connectivity index (χ3v) is 4.59. The summed E-state index contributed by atoms with van der Waals surface area (Å²) in [6, 6.07) is 4.03. The fourth-order valence-electron chi connectivity index (χ4n) is 2.94. The van der Waals surface area contributed by atoms with Crippen molar-refractivity contribution in [3.8, 4) is 11.8 Å². The predicted molar refractivity (Wildman–Crippen MR) is 92.9 cm³/mol. The number of hydrogen-bond donors (Lipinski definition) is 2. The van der Waals surface area contributed by atoms with E-state index >= 15 is 0 Å². The highest BCUT2D eigenvalue weighted by molar-refractivity contribution is 6.31. The molecule has 25 heavy (non-hydrogen) atoms. The summed E-state index contributed by atoms with van der Waals surface area (Å²) < 4.78 is 0. The fraction of sp³-hybridized carbons (Fsp3) is 0.412. The van der Waals surface area contributed by atoms with Crippen molar-refractivity contribution in [1.82, 2.24) is 5.32 Å². The van der Waals surface area contributed by atoms with Gasteiger partial charge in [-0.2, -0.15) is 5.26 Å². The van der Waals surface area contributed by atoms with E-state index in [1.807, 2.05) is 6.92 Å². The van der Waals surface area contributed by atoms with Crippen LogP contribution in [0.15, 0.2) is 17.7 Å². The lowest BCUT2D eigenvalue weighted by Crippen LogP contribution is -2.41. The average Bonchev–Trinajstić information content (AvgIpc) is 2.56. The molecule has 7 nitrogen and oxygen atoms in total. The third kappa shape index (κ3) is 4.48. The summed E-state index contributed by atoms with van der Waals surface area (Å²) in [5.74, 6) is -0.887. The maximum absolute atomic E-state index is 12.4. The van der Waals surface area contributed by atoms with Crippen molar-refractivity contribution in [3.63, 3.8) is 0 Å². The maximum atomic E-state index is 12.4. The Labute approximate surface area is 150 Å². The molecular weight excluding hydrogens is 346 g/mol. The van der Waals surface area contributed by atoms with Crippen LogP contribution in [0.2, 0.25) is 5.02 Å². The van der Waals surface area contributed by atoms with Gasteiger partial charge in [0.2, 0.25) is 5.75 Å². The number of nitrogens with zero attached hydrogens (tertiary/aromatic N) is 2. The zero-order valence-electron chi connectivity index (χ0n) is 13.7. The Hall–Kier alpha value is -2.59. The Morgan fingerprint density at radius 1 is 1.48 bits per heavy atom. The smallest absolute Gasteiger partial charge is 0.312 e. The van der Waals surface area contributed by atoms with Gasteiger partial charge in [0.05, 0.1) is 4.92 Å². The SMILES string of the molecule is C[C@@H]1CCCC[C@H]1NC(=O)/C(C#N)=C/c1cc(Cl)cc([N+](=O)[O-])c1O. The molecule has 0 saturated heterocycles. The summed E-state index contributed by atoms with van der Waals surface area (Å²) in [6.45, 7) is 2.05. The summed E-state index contributed by atoms with van der Waals surface area (Å²) in [7, 11) is 0. The van der Waals surface area contributed by atoms with Crippen LogP contribution in [0.25, 0.3) is 6.08 Å². The van der Waals surface area contributed by atoms with E-state index in [9.17, 15) is 25.3 Å². The highest BCUT2D eigenvalue weighted by atomic mass is 35.5. The minimum Gasteiger partial charge on any atom is -0.502 e. The number of nitro benzene ring substituents is 1. The number of phenolic OH excluding ortho intramolecular Hbond substituents is 1. The van der Waals surface area contributed by atoms with Crippen molar-refractivity contribution < 1.29 is 14.8 Å². The Kier molecular flexibility index (Phi) is 5.99. The van der Waals surface area contributed by atoms with Crippen LogP contribution < -0.4 is 5.32 Å². The van der Waals surface area contributed by atoms with Gasteiger partial charge in [0.25, 0.3) is 5.91 Å². The number of nitriles is 1. The topological polar surface area (TPSA) is 116 Å². The van der Waals surface area contributed by atoms with Crippen LogP contribution in [0, 0.1) is 27.4 Å². The number of amides is 1. The molecule has 0 spiro atoms. The van der Waals surface area contributed by atoms with E-state index in [1.165, 1.54) is 6.07 Å². The number of nitrogens with one attached hydrogen (secondary N) is 1. The van der Waals surface area contributed by atoms with Gasteiger partial charge < -0.3 is 10.4 Å². The number of benzene rings is 1. The molecule has 0 heterocycles. The Balaban J connectivity index is 2.29. The van der Waals surface area contributed by atoms with Crippen LogP contribution in [0.4, 0.5) is 5.69 Å². The van der Waals surface area contributed by atoms with E-state index < -0.39 is 22.3 Å². The van der Waals surface area contributed by atoms with Crippen LogP contribution in [0.3, 0.4) is 0 Å². The lowest BCUT2D eigenvalue weighted by Gasteiger charge is -2.29. The number of nitro groups is 1. The molecule has 1 aliphatic carbocycles. The van der Waals surface area contributed by atoms with Gasteiger partial charge in [0.1, 0.15) is 11.6 Å². The van der Waals surface area contributed by atoms with E-state index in [-0.39, 0.29) is 22.2 Å². The van der Waals surface area contributed by atoms with Crippen LogP contribution in [0.5, 0.6) is 5.75 Å². The summed E-state index contributed by atoms with van der Waals surface area (Å²) in [5, 5.41) is 33.0. The number of hydrogen-bond acceptors (Lipinski definition) is 5. The molecule has 0 aromatic heterocycles. The lowest BCUT2D eigenvalue weighted by molar-refractivity contribution is -0.385. The van der Waals surface area contributed by atoms with Crippen molar-refractivity contribution in [2.24, 2.45) is 5.92 Å². The average molecular weight is 364 g/mol. The first kappa shape index (κ1) is 18.7. The second-order valence-corrected chi connectivity index (χ2v) is 6.57. The summed E-state index contributed by atoms with van der Waals surface area (Å²) in [5.41, 5.74) is -0.885. The van der Waals surface area contributed by atoms with Crippen molar-refractivity contribution in [2.45, 2.75) is 38.6 Å². The normalized spacial score (nSPS) is 20.6. The van der Waals surface area contributed by atoms with Crippen LogP contribution >= 0.6 is 11.6 Å². The first-order chi connectivity index (χ1) is 11.8. The molecule has 1 amide bonds. The quantitative estimate of drug-likeness (QED) is 0.367. The molecule has 1 saturated carbocycles. The number of carbonyl (C=O) groups is 1. The van der Waals surface area contributed by atoms with Gasteiger partial charge in [-0.1, -0.05) is 31.4 Å². The van der Waals surface area contributed by atoms with Crippen molar-refractivity contribution in [1.29, 1.82) is 5.26 Å². The number of aromatic hydroxyl groups is 1. The Morgan fingerprint density at radius 3 is 2.76 bits per heavy atom. The van der Waals surface area contributed by atoms with E-state index in [0.717, 1.165) is 37.8 Å². The molecule has 132 valence electrons. The van der Waals surface area contributed by atoms with Crippen molar-refractivity contribution in [3.05, 3.63) is 38.4 Å². The van der Waals surface area contributed by atoms with Gasteiger partial charge in [-0.3, -0.25) is 14.9 Å². The number of phenols is 1. The van der Waals surface area contributed by atoms with E-state index in [2.05, 4.69) is 5.32 Å². The van der Waals surface area contributed by atoms with Gasteiger partial charge in [-0.25, -0.2) is 0 Å². The Morgan fingerprint density at radius 2 is 2.16 bits per heavy atom. The molecule has 1 aromatic rings. The summed E-state index contributed by atoms with van der Waals surface area (Å²) in [6.07, 6.45) is 5.10. The third-order valence-electron chi connectivity index (χ3n) is 4.37. The molecule has 2 atom stereocenters. The van der Waals surface area contributed by atoms with Crippen LogP contribution in [0.1, 0.15) is 38.2 Å². The standard InChI is InChI=1S/C17H18ClN3O4/c1-10-4-2-3-5-14(10)20-17(23)12(9-19)6-11-7-13(18)8-15(16(11)22)21(24)25/h6-8,10,14,22H,2-5H2,1H3,(H,20,23)/b12-6+/t10-,14-/m1/s1. The van der Waals surface area contributed by atoms with Gasteiger partial charge >= 0.3 is 5.69 Å². The van der Waals surface area contributed by atoms with Gasteiger partial charge in [-0.15, -0.1) is 0 Å². The van der Waals surface area contributed by atoms with E-state index in [1.54, 1.807) is 6.07 Å². The Bertz CT molecular complexity index is 770. The zero-order valence-corrected chi connectivity index (χ0v) is 14.4. The molecular formula is C17H18ClN3O4. The number of carbonyl (C=O) groups excluding carboxylic acids is 1. The minimum absolute atomic E-state index is 0.0136. The predicted octanol–water partition coefficient (Wildman–Crippen LogP) is 3.56. The second-order valence-electron chi connectivity index (χ2n) is 6.13. The van der Waals surface area contributed by atoms with E-state index in [0.29, 0.717) is 5.92 Å². The monoisotopic (exact) mass is 363 g/mol. The van der Waals surface area contributed by atoms with Crippen molar-refractivity contribution >= 4 is 29.3 Å². The minimum atomic E-state index is -0.783. The highest BCUT2D eigenvalue weighted by Crippen LogP contribution is 2.34. The number of halogens is 1. The molecule has 0 unspecified atom stereocenters. The van der Waals surface area contributed by atoms with E-state index in [4.69, 9.17) is 11.6 Å². The largest absolute Gasteiger partial charge is 0.502 e. The molecule has 2 rings (SSSR count). The van der Waals surface area contributed by atoms with Crippen LogP contribution in [-0.4, -0.2) is 22.0 Å². The zero-order chi connectivity index (χ0) is 18.6. The molecule has 1 fully saturated rings. The molecule has 1 aliphatic rings. The molecule has 0 bridgehead atoms. The van der Waals surface area contributed by atoms with Crippen molar-refractivity contribution in [2.75, 3.05) is 0 Å². The second kappa shape index (κ2) is 7.99. The van der Waals surface area contributed by atoms with Crippen LogP contribution in [-0.2, 0) is 4.79 Å². The molecule has 2 N–H and O–H groups in total. The summed E-state index contributed by atoms with van der Waals surface area (Å²) >= 11 is 5.82. The number of rotatable bonds is 4.